The molecular formula is C10H12N2O3. The molecule has 0 aliphatic heterocycles. The fraction of sp³-hybridized carbons (Fsp3) is 0.100. The quantitative estimate of drug-likeness (QED) is 0.573. The van der Waals surface area contributed by atoms with Crippen LogP contribution in [0, 0.1) is 0 Å². The van der Waals surface area contributed by atoms with Crippen LogP contribution in [0.1, 0.15) is 15.9 Å². The van der Waals surface area contributed by atoms with Crippen molar-refractivity contribution in [2.24, 2.45) is 11.5 Å². The summed E-state index contributed by atoms with van der Waals surface area (Å²) in [5, 5.41) is 18.3. The Hall–Kier alpha value is -2.01. The van der Waals surface area contributed by atoms with Gasteiger partial charge in [-0.05, 0) is 12.1 Å². The molecule has 0 unspecified atom stereocenters. The molecule has 0 saturated heterocycles. The Morgan fingerprint density at radius 2 is 2.13 bits per heavy atom. The SMILES string of the molecule is NCC(N)=Cc1cccc(C(=O)O)c1O. The molecular weight excluding hydrogens is 196 g/mol. The Morgan fingerprint density at radius 3 is 2.67 bits per heavy atom. The highest BCUT2D eigenvalue weighted by molar-refractivity contribution is 5.92. The smallest absolute Gasteiger partial charge is 0.339 e. The van der Waals surface area contributed by atoms with Crippen LogP contribution >= 0.6 is 0 Å². The predicted octanol–water partition coefficient (Wildman–Crippen LogP) is 0.349. The summed E-state index contributed by atoms with van der Waals surface area (Å²) in [4.78, 5) is 10.7. The first-order valence-corrected chi connectivity index (χ1v) is 4.27. The maximum absolute atomic E-state index is 10.7. The molecule has 0 saturated carbocycles. The summed E-state index contributed by atoms with van der Waals surface area (Å²) in [7, 11) is 0. The second-order valence-electron chi connectivity index (χ2n) is 2.97. The number of benzene rings is 1. The lowest BCUT2D eigenvalue weighted by atomic mass is 10.1. The second-order valence-corrected chi connectivity index (χ2v) is 2.97. The van der Waals surface area contributed by atoms with Crippen LogP contribution in [0.4, 0.5) is 0 Å². The summed E-state index contributed by atoms with van der Waals surface area (Å²) < 4.78 is 0. The van der Waals surface area contributed by atoms with Gasteiger partial charge in [-0.1, -0.05) is 12.1 Å². The Labute approximate surface area is 86.6 Å². The summed E-state index contributed by atoms with van der Waals surface area (Å²) >= 11 is 0. The van der Waals surface area contributed by atoms with E-state index in [2.05, 4.69) is 0 Å². The molecule has 0 amide bonds. The number of rotatable bonds is 3. The Morgan fingerprint density at radius 1 is 1.47 bits per heavy atom. The van der Waals surface area contributed by atoms with Crippen LogP contribution < -0.4 is 11.5 Å². The molecule has 80 valence electrons. The minimum atomic E-state index is -1.19. The largest absolute Gasteiger partial charge is 0.506 e. The number of carboxylic acid groups (broad SMARTS) is 1. The van der Waals surface area contributed by atoms with Gasteiger partial charge in [-0.3, -0.25) is 0 Å². The number of para-hydroxylation sites is 1. The molecule has 0 aromatic heterocycles. The van der Waals surface area contributed by atoms with Gasteiger partial charge in [-0.2, -0.15) is 0 Å². The van der Waals surface area contributed by atoms with Gasteiger partial charge in [0.2, 0.25) is 0 Å². The van der Waals surface area contributed by atoms with Crippen LogP contribution in [0.25, 0.3) is 6.08 Å². The average molecular weight is 208 g/mol. The molecule has 5 nitrogen and oxygen atoms in total. The van der Waals surface area contributed by atoms with E-state index in [9.17, 15) is 9.90 Å². The van der Waals surface area contributed by atoms with Crippen molar-refractivity contribution in [2.75, 3.05) is 6.54 Å². The van der Waals surface area contributed by atoms with E-state index in [0.717, 1.165) is 0 Å². The van der Waals surface area contributed by atoms with Crippen LogP contribution in [-0.2, 0) is 0 Å². The minimum absolute atomic E-state index is 0.150. The predicted molar refractivity (Wildman–Crippen MR) is 56.3 cm³/mol. The Bertz CT molecular complexity index is 413. The van der Waals surface area contributed by atoms with Crippen LogP contribution in [0.3, 0.4) is 0 Å². The van der Waals surface area contributed by atoms with Crippen molar-refractivity contribution in [3.05, 3.63) is 35.0 Å². The zero-order valence-electron chi connectivity index (χ0n) is 7.97. The number of phenols is 1. The fourth-order valence-electron chi connectivity index (χ4n) is 1.11. The molecule has 6 N–H and O–H groups in total. The molecule has 0 heterocycles. The maximum Gasteiger partial charge on any atom is 0.339 e. The van der Waals surface area contributed by atoms with Crippen LogP contribution in [-0.4, -0.2) is 22.7 Å². The number of carbonyl (C=O) groups is 1. The highest BCUT2D eigenvalue weighted by atomic mass is 16.4. The maximum atomic E-state index is 10.7. The highest BCUT2D eigenvalue weighted by Crippen LogP contribution is 2.23. The summed E-state index contributed by atoms with van der Waals surface area (Å²) in [6.07, 6.45) is 1.45. The molecule has 0 fully saturated rings. The van der Waals surface area contributed by atoms with Crippen LogP contribution in [0.2, 0.25) is 0 Å². The van der Waals surface area contributed by atoms with Crippen molar-refractivity contribution in [2.45, 2.75) is 0 Å². The second kappa shape index (κ2) is 4.47. The monoisotopic (exact) mass is 208 g/mol. The van der Waals surface area contributed by atoms with E-state index in [-0.39, 0.29) is 17.9 Å². The van der Waals surface area contributed by atoms with E-state index in [1.807, 2.05) is 0 Å². The van der Waals surface area contributed by atoms with E-state index in [4.69, 9.17) is 16.6 Å². The molecule has 15 heavy (non-hydrogen) atoms. The van der Waals surface area contributed by atoms with Crippen molar-refractivity contribution in [1.29, 1.82) is 0 Å². The number of aromatic hydroxyl groups is 1. The average Bonchev–Trinajstić information content (AvgIpc) is 2.20. The van der Waals surface area contributed by atoms with Gasteiger partial charge >= 0.3 is 5.97 Å². The third kappa shape index (κ3) is 2.47. The molecule has 0 aliphatic rings. The number of nitrogens with two attached hydrogens (primary N) is 2. The van der Waals surface area contributed by atoms with Gasteiger partial charge in [-0.25, -0.2) is 4.79 Å². The minimum Gasteiger partial charge on any atom is -0.506 e. The molecule has 0 atom stereocenters. The Kier molecular flexibility index (Phi) is 3.30. The first kappa shape index (κ1) is 11.1. The molecule has 0 aliphatic carbocycles. The summed E-state index contributed by atoms with van der Waals surface area (Å²) in [5.41, 5.74) is 11.3. The number of carboxylic acids is 1. The molecule has 0 spiro atoms. The third-order valence-corrected chi connectivity index (χ3v) is 1.87. The van der Waals surface area contributed by atoms with Crippen LogP contribution in [0.5, 0.6) is 5.75 Å². The van der Waals surface area contributed by atoms with Crippen molar-refractivity contribution < 1.29 is 15.0 Å². The fourth-order valence-corrected chi connectivity index (χ4v) is 1.11. The standard InChI is InChI=1S/C10H12N2O3/c11-5-7(12)4-6-2-1-3-8(9(6)13)10(14)15/h1-4,13H,5,11-12H2,(H,14,15). The van der Waals surface area contributed by atoms with Crippen molar-refractivity contribution in [1.82, 2.24) is 0 Å². The topological polar surface area (TPSA) is 110 Å². The zero-order valence-corrected chi connectivity index (χ0v) is 7.97. The van der Waals surface area contributed by atoms with Crippen LogP contribution in [0.15, 0.2) is 23.9 Å². The van der Waals surface area contributed by atoms with E-state index in [1.54, 1.807) is 6.07 Å². The molecule has 1 aromatic rings. The lowest BCUT2D eigenvalue weighted by Crippen LogP contribution is -2.10. The number of hydrogen-bond donors (Lipinski definition) is 4. The van der Waals surface area contributed by atoms with Gasteiger partial charge in [0.25, 0.3) is 0 Å². The number of aromatic carboxylic acids is 1. The van der Waals surface area contributed by atoms with E-state index in [0.29, 0.717) is 11.3 Å². The molecule has 0 bridgehead atoms. The molecule has 0 radical (unpaired) electrons. The van der Waals surface area contributed by atoms with Gasteiger partial charge in [0.15, 0.2) is 0 Å². The van der Waals surface area contributed by atoms with E-state index >= 15 is 0 Å². The molecule has 5 heteroatoms. The van der Waals surface area contributed by atoms with Gasteiger partial charge in [0, 0.05) is 17.8 Å². The van der Waals surface area contributed by atoms with Crippen molar-refractivity contribution >= 4 is 12.0 Å². The van der Waals surface area contributed by atoms with E-state index < -0.39 is 5.97 Å². The highest BCUT2D eigenvalue weighted by Gasteiger charge is 2.11. The first-order valence-electron chi connectivity index (χ1n) is 4.27. The van der Waals surface area contributed by atoms with Crippen molar-refractivity contribution in [3.63, 3.8) is 0 Å². The van der Waals surface area contributed by atoms with Crippen molar-refractivity contribution in [3.8, 4) is 5.75 Å². The van der Waals surface area contributed by atoms with Gasteiger partial charge in [0.1, 0.15) is 11.3 Å². The third-order valence-electron chi connectivity index (χ3n) is 1.87. The summed E-state index contributed by atoms with van der Waals surface area (Å²) in [5.74, 6) is -1.49. The zero-order chi connectivity index (χ0) is 11.4. The lowest BCUT2D eigenvalue weighted by Gasteiger charge is -2.04. The van der Waals surface area contributed by atoms with Gasteiger partial charge < -0.3 is 21.7 Å². The first-order chi connectivity index (χ1) is 7.06. The molecule has 1 rings (SSSR count). The molecule has 1 aromatic carbocycles. The lowest BCUT2D eigenvalue weighted by molar-refractivity contribution is 0.0693. The summed E-state index contributed by atoms with van der Waals surface area (Å²) in [6.45, 7) is 0.150. The van der Waals surface area contributed by atoms with Gasteiger partial charge in [0.05, 0.1) is 0 Å². The van der Waals surface area contributed by atoms with E-state index in [1.165, 1.54) is 18.2 Å². The number of hydrogen-bond acceptors (Lipinski definition) is 4. The normalized spacial score (nSPS) is 11.4. The van der Waals surface area contributed by atoms with Gasteiger partial charge in [-0.15, -0.1) is 0 Å². The summed E-state index contributed by atoms with van der Waals surface area (Å²) in [6, 6.07) is 4.40. The Balaban J connectivity index is 3.21.